The van der Waals surface area contributed by atoms with Gasteiger partial charge < -0.3 is 4.42 Å². The zero-order valence-electron chi connectivity index (χ0n) is 7.27. The standard InChI is InChI=1S/C9H6BrCl2NO/c1-2-6-13-8-5(11)3-4(10)7(12)9(8)14-6/h3H,2H2,1H3. The van der Waals surface area contributed by atoms with Gasteiger partial charge in [0.05, 0.1) is 10.0 Å². The number of aromatic nitrogens is 1. The van der Waals surface area contributed by atoms with Crippen molar-refractivity contribution >= 4 is 50.2 Å². The summed E-state index contributed by atoms with van der Waals surface area (Å²) in [5, 5.41) is 1.05. The quantitative estimate of drug-likeness (QED) is 0.726. The second kappa shape index (κ2) is 3.72. The van der Waals surface area contributed by atoms with Gasteiger partial charge >= 0.3 is 0 Å². The zero-order valence-corrected chi connectivity index (χ0v) is 10.4. The third-order valence-corrected chi connectivity index (χ3v) is 3.38. The van der Waals surface area contributed by atoms with Crippen LogP contribution in [-0.4, -0.2) is 4.98 Å². The highest BCUT2D eigenvalue weighted by atomic mass is 79.9. The van der Waals surface area contributed by atoms with Crippen molar-refractivity contribution in [2.45, 2.75) is 13.3 Å². The van der Waals surface area contributed by atoms with Crippen molar-refractivity contribution < 1.29 is 4.42 Å². The lowest BCUT2D eigenvalue weighted by Gasteiger charge is -1.96. The van der Waals surface area contributed by atoms with Gasteiger partial charge in [0.15, 0.2) is 11.5 Å². The second-order valence-corrected chi connectivity index (χ2v) is 4.43. The van der Waals surface area contributed by atoms with Gasteiger partial charge in [0.25, 0.3) is 0 Å². The molecule has 1 aromatic carbocycles. The Labute approximate surface area is 99.3 Å². The van der Waals surface area contributed by atoms with Gasteiger partial charge in [-0.25, -0.2) is 4.98 Å². The van der Waals surface area contributed by atoms with Gasteiger partial charge in [-0.1, -0.05) is 30.1 Å². The van der Waals surface area contributed by atoms with Crippen LogP contribution in [0.15, 0.2) is 15.0 Å². The molecular weight excluding hydrogens is 289 g/mol. The smallest absolute Gasteiger partial charge is 0.195 e. The van der Waals surface area contributed by atoms with Crippen molar-refractivity contribution in [1.82, 2.24) is 4.98 Å². The molecule has 0 unspecified atom stereocenters. The molecule has 2 aromatic rings. The van der Waals surface area contributed by atoms with Crippen LogP contribution >= 0.6 is 39.1 Å². The molecule has 2 rings (SSSR count). The second-order valence-electron chi connectivity index (χ2n) is 2.79. The number of hydrogen-bond donors (Lipinski definition) is 0. The first-order valence-corrected chi connectivity index (χ1v) is 5.61. The van der Waals surface area contributed by atoms with Crippen LogP contribution in [-0.2, 0) is 6.42 Å². The molecule has 1 aromatic heterocycles. The fourth-order valence-electron chi connectivity index (χ4n) is 1.18. The predicted octanol–water partition coefficient (Wildman–Crippen LogP) is 4.46. The molecule has 0 saturated heterocycles. The highest BCUT2D eigenvalue weighted by molar-refractivity contribution is 9.10. The monoisotopic (exact) mass is 293 g/mol. The van der Waals surface area contributed by atoms with Crippen LogP contribution in [0, 0.1) is 0 Å². The summed E-state index contributed by atoms with van der Waals surface area (Å²) in [6.07, 6.45) is 0.721. The number of benzene rings is 1. The number of rotatable bonds is 1. The Morgan fingerprint density at radius 3 is 2.86 bits per heavy atom. The van der Waals surface area contributed by atoms with E-state index in [4.69, 9.17) is 27.6 Å². The summed E-state index contributed by atoms with van der Waals surface area (Å²) in [5.41, 5.74) is 1.17. The molecule has 14 heavy (non-hydrogen) atoms. The molecule has 0 atom stereocenters. The lowest BCUT2D eigenvalue weighted by molar-refractivity contribution is 0.538. The first-order valence-electron chi connectivity index (χ1n) is 4.06. The summed E-state index contributed by atoms with van der Waals surface area (Å²) in [4.78, 5) is 4.23. The molecule has 74 valence electrons. The molecule has 0 saturated carbocycles. The van der Waals surface area contributed by atoms with Gasteiger partial charge in [-0.2, -0.15) is 0 Å². The highest BCUT2D eigenvalue weighted by Crippen LogP contribution is 2.36. The fourth-order valence-corrected chi connectivity index (χ4v) is 2.14. The summed E-state index contributed by atoms with van der Waals surface area (Å²) < 4.78 is 6.17. The van der Waals surface area contributed by atoms with Crippen molar-refractivity contribution in [3.05, 3.63) is 26.5 Å². The number of nitrogens with zero attached hydrogens (tertiary/aromatic N) is 1. The average Bonchev–Trinajstić information content (AvgIpc) is 2.58. The lowest BCUT2D eigenvalue weighted by Crippen LogP contribution is -1.77. The topological polar surface area (TPSA) is 26.0 Å². The van der Waals surface area contributed by atoms with Gasteiger partial charge in [0.1, 0.15) is 5.52 Å². The molecule has 1 heterocycles. The molecule has 0 N–H and O–H groups in total. The van der Waals surface area contributed by atoms with Crippen LogP contribution in [0.25, 0.3) is 11.1 Å². The van der Waals surface area contributed by atoms with Crippen molar-refractivity contribution in [3.63, 3.8) is 0 Å². The van der Waals surface area contributed by atoms with E-state index >= 15 is 0 Å². The van der Waals surface area contributed by atoms with Gasteiger partial charge in [-0.05, 0) is 22.0 Å². The molecule has 0 aliphatic rings. The maximum absolute atomic E-state index is 6.03. The largest absolute Gasteiger partial charge is 0.439 e. The molecule has 2 nitrogen and oxygen atoms in total. The Morgan fingerprint density at radius 2 is 2.21 bits per heavy atom. The molecule has 0 spiro atoms. The third kappa shape index (κ3) is 1.53. The van der Waals surface area contributed by atoms with Gasteiger partial charge in [-0.3, -0.25) is 0 Å². The minimum absolute atomic E-state index is 0.511. The first-order chi connectivity index (χ1) is 6.63. The number of fused-ring (bicyclic) bond motifs is 1. The van der Waals surface area contributed by atoms with E-state index in [9.17, 15) is 0 Å². The maximum Gasteiger partial charge on any atom is 0.195 e. The molecule has 0 bridgehead atoms. The van der Waals surface area contributed by atoms with Crippen LogP contribution < -0.4 is 0 Å². The van der Waals surface area contributed by atoms with Crippen molar-refractivity contribution in [3.8, 4) is 0 Å². The molecule has 0 aliphatic heterocycles. The fraction of sp³-hybridized carbons (Fsp3) is 0.222. The van der Waals surface area contributed by atoms with Crippen molar-refractivity contribution in [2.24, 2.45) is 0 Å². The number of halogens is 3. The number of aryl methyl sites for hydroxylation is 1. The van der Waals surface area contributed by atoms with Crippen molar-refractivity contribution in [2.75, 3.05) is 0 Å². The lowest BCUT2D eigenvalue weighted by atomic mass is 10.3. The molecular formula is C9H6BrCl2NO. The van der Waals surface area contributed by atoms with Gasteiger partial charge in [0, 0.05) is 10.9 Å². The summed E-state index contributed by atoms with van der Waals surface area (Å²) in [6, 6.07) is 1.72. The molecule has 0 radical (unpaired) electrons. The van der Waals surface area contributed by atoms with Crippen LogP contribution in [0.5, 0.6) is 0 Å². The molecule has 0 aliphatic carbocycles. The SMILES string of the molecule is CCc1nc2c(Cl)cc(Br)c(Cl)c2o1. The Hall–Kier alpha value is -0.250. The summed E-state index contributed by atoms with van der Waals surface area (Å²) in [5.74, 6) is 0.641. The normalized spacial score (nSPS) is 11.1. The first kappa shape index (κ1) is 10.3. The Kier molecular flexibility index (Phi) is 2.73. The zero-order chi connectivity index (χ0) is 10.3. The Bertz CT molecular complexity index is 495. The summed E-state index contributed by atoms with van der Waals surface area (Å²) in [6.45, 7) is 1.96. The van der Waals surface area contributed by atoms with E-state index in [1.807, 2.05) is 6.92 Å². The van der Waals surface area contributed by atoms with E-state index < -0.39 is 0 Å². The third-order valence-electron chi connectivity index (χ3n) is 1.86. The van der Waals surface area contributed by atoms with E-state index in [1.165, 1.54) is 0 Å². The van der Waals surface area contributed by atoms with E-state index in [1.54, 1.807) is 6.07 Å². The van der Waals surface area contributed by atoms with Crippen LogP contribution in [0.1, 0.15) is 12.8 Å². The van der Waals surface area contributed by atoms with Gasteiger partial charge in [-0.15, -0.1) is 0 Å². The molecule has 0 fully saturated rings. The number of oxazole rings is 1. The Balaban J connectivity index is 2.84. The van der Waals surface area contributed by atoms with Gasteiger partial charge in [0.2, 0.25) is 0 Å². The van der Waals surface area contributed by atoms with E-state index in [2.05, 4.69) is 20.9 Å². The summed E-state index contributed by atoms with van der Waals surface area (Å²) >= 11 is 15.3. The minimum atomic E-state index is 0.511. The van der Waals surface area contributed by atoms with Crippen molar-refractivity contribution in [1.29, 1.82) is 0 Å². The Morgan fingerprint density at radius 1 is 1.50 bits per heavy atom. The summed E-state index contributed by atoms with van der Waals surface area (Å²) in [7, 11) is 0. The minimum Gasteiger partial charge on any atom is -0.439 e. The highest BCUT2D eigenvalue weighted by Gasteiger charge is 2.14. The van der Waals surface area contributed by atoms with E-state index in [-0.39, 0.29) is 0 Å². The predicted molar refractivity (Wildman–Crippen MR) is 61.1 cm³/mol. The van der Waals surface area contributed by atoms with E-state index in [0.717, 1.165) is 10.9 Å². The van der Waals surface area contributed by atoms with Crippen LogP contribution in [0.2, 0.25) is 10.0 Å². The van der Waals surface area contributed by atoms with E-state index in [0.29, 0.717) is 27.0 Å². The maximum atomic E-state index is 6.03. The molecule has 5 heteroatoms. The molecule has 0 amide bonds. The van der Waals surface area contributed by atoms with Crippen LogP contribution in [0.4, 0.5) is 0 Å². The average molecular weight is 295 g/mol. The number of hydrogen-bond acceptors (Lipinski definition) is 2. The van der Waals surface area contributed by atoms with Crippen LogP contribution in [0.3, 0.4) is 0 Å².